The van der Waals surface area contributed by atoms with E-state index in [1.165, 1.54) is 0 Å². The van der Waals surface area contributed by atoms with Gasteiger partial charge in [-0.15, -0.1) is 0 Å². The summed E-state index contributed by atoms with van der Waals surface area (Å²) in [6.45, 7) is 4.21. The zero-order chi connectivity index (χ0) is 14.9. The molecule has 0 atom stereocenters. The molecule has 0 saturated carbocycles. The number of benzene rings is 1. The molecule has 2 aromatic rings. The lowest BCUT2D eigenvalue weighted by Gasteiger charge is -2.10. The molecule has 0 aliphatic carbocycles. The Labute approximate surface area is 144 Å². The topological polar surface area (TPSA) is 45.8 Å². The molecule has 0 unspecified atom stereocenters. The lowest BCUT2D eigenvalue weighted by Crippen LogP contribution is -2.17. The molecule has 0 aliphatic heterocycles. The summed E-state index contributed by atoms with van der Waals surface area (Å²) < 4.78 is 1.50. The average molecular weight is 468 g/mol. The van der Waals surface area contributed by atoms with Crippen LogP contribution in [0.5, 0.6) is 0 Å². The second-order valence-corrected chi connectivity index (χ2v) is 7.27. The van der Waals surface area contributed by atoms with Gasteiger partial charge in [0.05, 0.1) is 9.26 Å². The maximum Gasteiger partial charge on any atom is 0.264 e. The molecule has 0 saturated heterocycles. The predicted octanol–water partition coefficient (Wildman–Crippen LogP) is 4.66. The van der Waals surface area contributed by atoms with E-state index in [0.717, 1.165) is 22.2 Å². The Morgan fingerprint density at radius 2 is 2.15 bits per heavy atom. The van der Waals surface area contributed by atoms with Gasteiger partial charge in [0.25, 0.3) is 5.56 Å². The highest BCUT2D eigenvalue weighted by atomic mass is 127. The lowest BCUT2D eigenvalue weighted by atomic mass is 10.1. The van der Waals surface area contributed by atoms with Gasteiger partial charge in [-0.3, -0.25) is 4.79 Å². The minimum atomic E-state index is -0.113. The van der Waals surface area contributed by atoms with Crippen molar-refractivity contribution in [1.82, 2.24) is 9.97 Å². The molecule has 2 rings (SSSR count). The number of halogens is 3. The Hall–Kier alpha value is -0.400. The molecule has 106 valence electrons. The number of hydrogen-bond acceptors (Lipinski definition) is 2. The molecule has 6 heteroatoms. The van der Waals surface area contributed by atoms with Crippen molar-refractivity contribution in [3.05, 3.63) is 47.3 Å². The Morgan fingerprint density at radius 3 is 2.80 bits per heavy atom. The molecule has 0 aliphatic rings. The predicted molar refractivity (Wildman–Crippen MR) is 94.3 cm³/mol. The van der Waals surface area contributed by atoms with E-state index in [2.05, 4.69) is 39.7 Å². The number of aromatic nitrogens is 2. The average Bonchev–Trinajstić information content (AvgIpc) is 2.37. The standard InChI is InChI=1S/C14H13BrClIN2O/c1-7(2)5-11-12(17)14(20)19-13(18-11)9-6-8(16)3-4-10(9)15/h3-4,6-7H,5H2,1-2H3,(H,18,19,20). The molecule has 20 heavy (non-hydrogen) atoms. The highest BCUT2D eigenvalue weighted by molar-refractivity contribution is 14.1. The van der Waals surface area contributed by atoms with Crippen LogP contribution in [0.3, 0.4) is 0 Å². The largest absolute Gasteiger partial charge is 0.306 e. The van der Waals surface area contributed by atoms with Crippen LogP contribution in [0.4, 0.5) is 0 Å². The van der Waals surface area contributed by atoms with Gasteiger partial charge in [0.15, 0.2) is 0 Å². The Balaban J connectivity index is 2.60. The molecular formula is C14H13BrClIN2O. The quantitative estimate of drug-likeness (QED) is 0.668. The van der Waals surface area contributed by atoms with Crippen molar-refractivity contribution < 1.29 is 0 Å². The van der Waals surface area contributed by atoms with Crippen molar-refractivity contribution in [1.29, 1.82) is 0 Å². The van der Waals surface area contributed by atoms with Crippen molar-refractivity contribution in [3.63, 3.8) is 0 Å². The third kappa shape index (κ3) is 3.62. The molecule has 0 amide bonds. The van der Waals surface area contributed by atoms with E-state index in [4.69, 9.17) is 11.6 Å². The highest BCUT2D eigenvalue weighted by Gasteiger charge is 2.13. The zero-order valence-electron chi connectivity index (χ0n) is 11.0. The third-order valence-corrected chi connectivity index (χ3v) is 4.76. The van der Waals surface area contributed by atoms with E-state index in [-0.39, 0.29) is 5.56 Å². The number of rotatable bonds is 3. The van der Waals surface area contributed by atoms with Crippen LogP contribution in [0.15, 0.2) is 27.5 Å². The third-order valence-electron chi connectivity index (χ3n) is 2.72. The minimum absolute atomic E-state index is 0.113. The van der Waals surface area contributed by atoms with Gasteiger partial charge in [-0.05, 0) is 53.1 Å². The van der Waals surface area contributed by atoms with E-state index >= 15 is 0 Å². The molecule has 3 nitrogen and oxygen atoms in total. The van der Waals surface area contributed by atoms with Gasteiger partial charge in [-0.2, -0.15) is 0 Å². The maximum atomic E-state index is 12.1. The fourth-order valence-electron chi connectivity index (χ4n) is 1.83. The highest BCUT2D eigenvalue weighted by Crippen LogP contribution is 2.28. The number of hydrogen-bond donors (Lipinski definition) is 1. The Kier molecular flexibility index (Phi) is 5.25. The van der Waals surface area contributed by atoms with Crippen LogP contribution in [0.2, 0.25) is 5.02 Å². The van der Waals surface area contributed by atoms with Crippen LogP contribution < -0.4 is 5.56 Å². The van der Waals surface area contributed by atoms with E-state index in [1.54, 1.807) is 12.1 Å². The molecule has 1 heterocycles. The van der Waals surface area contributed by atoms with Crippen LogP contribution in [-0.2, 0) is 6.42 Å². The van der Waals surface area contributed by atoms with Gasteiger partial charge < -0.3 is 4.98 Å². The van der Waals surface area contributed by atoms with Crippen molar-refractivity contribution in [2.75, 3.05) is 0 Å². The van der Waals surface area contributed by atoms with Crippen molar-refractivity contribution in [2.45, 2.75) is 20.3 Å². The van der Waals surface area contributed by atoms with Crippen LogP contribution in [0, 0.1) is 9.49 Å². The summed E-state index contributed by atoms with van der Waals surface area (Å²) >= 11 is 11.5. The molecule has 0 spiro atoms. The summed E-state index contributed by atoms with van der Waals surface area (Å²) in [4.78, 5) is 19.5. The molecule has 1 N–H and O–H groups in total. The van der Waals surface area contributed by atoms with Gasteiger partial charge in [-0.1, -0.05) is 41.4 Å². The first-order valence-corrected chi connectivity index (χ1v) is 8.37. The molecule has 1 aromatic heterocycles. The second kappa shape index (κ2) is 6.58. The van der Waals surface area contributed by atoms with Crippen LogP contribution in [0.25, 0.3) is 11.4 Å². The smallest absolute Gasteiger partial charge is 0.264 e. The monoisotopic (exact) mass is 466 g/mol. The first kappa shape index (κ1) is 16.0. The summed E-state index contributed by atoms with van der Waals surface area (Å²) in [5.41, 5.74) is 1.50. The first-order valence-electron chi connectivity index (χ1n) is 6.12. The van der Waals surface area contributed by atoms with E-state index in [9.17, 15) is 4.79 Å². The lowest BCUT2D eigenvalue weighted by molar-refractivity contribution is 0.631. The second-order valence-electron chi connectivity index (χ2n) is 4.90. The summed E-state index contributed by atoms with van der Waals surface area (Å²) in [6, 6.07) is 5.42. The summed E-state index contributed by atoms with van der Waals surface area (Å²) in [6.07, 6.45) is 0.771. The maximum absolute atomic E-state index is 12.1. The summed E-state index contributed by atoms with van der Waals surface area (Å²) in [7, 11) is 0. The molecule has 0 radical (unpaired) electrons. The SMILES string of the molecule is CC(C)Cc1nc(-c2cc(Cl)ccc2Br)[nH]c(=O)c1I. The van der Waals surface area contributed by atoms with Crippen LogP contribution >= 0.6 is 50.1 Å². The van der Waals surface area contributed by atoms with Crippen LogP contribution in [-0.4, -0.2) is 9.97 Å². The normalized spacial score (nSPS) is 11.1. The van der Waals surface area contributed by atoms with Gasteiger partial charge in [-0.25, -0.2) is 4.98 Å². The first-order chi connectivity index (χ1) is 9.38. The van der Waals surface area contributed by atoms with Gasteiger partial charge in [0.1, 0.15) is 5.82 Å². The van der Waals surface area contributed by atoms with Crippen molar-refractivity contribution in [3.8, 4) is 11.4 Å². The molecule has 0 bridgehead atoms. The minimum Gasteiger partial charge on any atom is -0.306 e. The number of nitrogens with one attached hydrogen (secondary N) is 1. The van der Waals surface area contributed by atoms with Crippen molar-refractivity contribution in [2.24, 2.45) is 5.92 Å². The zero-order valence-corrected chi connectivity index (χ0v) is 15.5. The Bertz CT molecular complexity index is 700. The summed E-state index contributed by atoms with van der Waals surface area (Å²) in [5.74, 6) is 0.980. The van der Waals surface area contributed by atoms with Gasteiger partial charge in [0, 0.05) is 15.1 Å². The number of aromatic amines is 1. The van der Waals surface area contributed by atoms with Crippen molar-refractivity contribution >= 4 is 50.1 Å². The van der Waals surface area contributed by atoms with E-state index < -0.39 is 0 Å². The number of H-pyrrole nitrogens is 1. The fraction of sp³-hybridized carbons (Fsp3) is 0.286. The Morgan fingerprint density at radius 1 is 1.45 bits per heavy atom. The van der Waals surface area contributed by atoms with E-state index in [1.807, 2.05) is 28.7 Å². The number of nitrogens with zero attached hydrogens (tertiary/aromatic N) is 1. The van der Waals surface area contributed by atoms with Crippen LogP contribution in [0.1, 0.15) is 19.5 Å². The summed E-state index contributed by atoms with van der Waals surface area (Å²) in [5, 5.41) is 0.606. The molecular weight excluding hydrogens is 454 g/mol. The van der Waals surface area contributed by atoms with Gasteiger partial charge in [0.2, 0.25) is 0 Å². The fourth-order valence-corrected chi connectivity index (χ4v) is 2.92. The molecule has 1 aromatic carbocycles. The van der Waals surface area contributed by atoms with E-state index in [0.29, 0.717) is 20.3 Å². The van der Waals surface area contributed by atoms with Gasteiger partial charge >= 0.3 is 0 Å². The molecule has 0 fully saturated rings.